The molecule has 0 aromatic heterocycles. The largest absolute Gasteiger partial charge is 0.748 e. The molecule has 0 rings (SSSR count). The number of hydrogen-bond acceptors (Lipinski definition) is 6. The third-order valence-electron chi connectivity index (χ3n) is 4.78. The molecule has 0 saturated carbocycles. The van der Waals surface area contributed by atoms with Gasteiger partial charge in [0.2, 0.25) is 0 Å². The number of carbonyl (C=O) groups excluding carboxylic acids is 2. The topological polar surface area (TPSA) is 101 Å². The third kappa shape index (κ3) is 19.8. The maximum absolute atomic E-state index is 11.8. The van der Waals surface area contributed by atoms with Crippen LogP contribution in [0.1, 0.15) is 71.1 Å². The van der Waals surface area contributed by atoms with Crippen LogP contribution in [0.2, 0.25) is 0 Å². The summed E-state index contributed by atoms with van der Waals surface area (Å²) in [4.78, 5) is 23.5. The standard InChI is InChI=1S/C21H39NO6S/c1-4-5-6-7-8-9-10-11-13-20(23)14-15-21(24)28-18-17-22(2,3)16-12-19-29(25,26)27/h14-15H,4-13,16-19H2,1-3H3/b15-14-. The summed E-state index contributed by atoms with van der Waals surface area (Å²) in [7, 11) is -0.459. The summed E-state index contributed by atoms with van der Waals surface area (Å²) in [5, 5.41) is 0. The molecule has 0 spiro atoms. The van der Waals surface area contributed by atoms with E-state index in [1.54, 1.807) is 0 Å². The molecule has 0 N–H and O–H groups in total. The highest BCUT2D eigenvalue weighted by molar-refractivity contribution is 7.85. The average molecular weight is 434 g/mol. The first-order chi connectivity index (χ1) is 13.6. The van der Waals surface area contributed by atoms with E-state index in [9.17, 15) is 22.6 Å². The number of allylic oxidation sites excluding steroid dienone is 1. The maximum atomic E-state index is 11.8. The van der Waals surface area contributed by atoms with E-state index < -0.39 is 21.8 Å². The van der Waals surface area contributed by atoms with Crippen LogP contribution in [0.15, 0.2) is 12.2 Å². The monoisotopic (exact) mass is 433 g/mol. The van der Waals surface area contributed by atoms with Crippen molar-refractivity contribution in [1.29, 1.82) is 0 Å². The number of rotatable bonds is 18. The first-order valence-corrected chi connectivity index (χ1v) is 12.3. The van der Waals surface area contributed by atoms with Crippen molar-refractivity contribution >= 4 is 21.9 Å². The Kier molecular flexibility index (Phi) is 14.9. The Bertz CT molecular complexity index is 598. The molecule has 170 valence electrons. The van der Waals surface area contributed by atoms with Crippen molar-refractivity contribution in [1.82, 2.24) is 0 Å². The zero-order valence-electron chi connectivity index (χ0n) is 18.4. The zero-order chi connectivity index (χ0) is 22.2. The van der Waals surface area contributed by atoms with Gasteiger partial charge in [0.25, 0.3) is 0 Å². The molecule has 0 saturated heterocycles. The number of likely N-dealkylation sites (N-methyl/N-ethyl adjacent to an activating group) is 1. The minimum atomic E-state index is -4.20. The molecule has 8 heteroatoms. The molecule has 0 aromatic rings. The Balaban J connectivity index is 3.84. The average Bonchev–Trinajstić information content (AvgIpc) is 2.60. The molecule has 0 atom stereocenters. The van der Waals surface area contributed by atoms with Gasteiger partial charge >= 0.3 is 5.97 Å². The van der Waals surface area contributed by atoms with Crippen molar-refractivity contribution in [2.24, 2.45) is 0 Å². The van der Waals surface area contributed by atoms with Crippen molar-refractivity contribution in [3.8, 4) is 0 Å². The Morgan fingerprint density at radius 3 is 2.07 bits per heavy atom. The molecule has 0 aliphatic heterocycles. The summed E-state index contributed by atoms with van der Waals surface area (Å²) < 4.78 is 37.4. The fraction of sp³-hybridized carbons (Fsp3) is 0.810. The van der Waals surface area contributed by atoms with Crippen LogP contribution in [0.25, 0.3) is 0 Å². The summed E-state index contributed by atoms with van der Waals surface area (Å²) in [5.74, 6) is -1.02. The number of carbonyl (C=O) groups is 2. The Hall–Kier alpha value is -1.25. The summed E-state index contributed by atoms with van der Waals surface area (Å²) in [6, 6.07) is 0. The number of quaternary nitrogens is 1. The van der Waals surface area contributed by atoms with Gasteiger partial charge in [-0.15, -0.1) is 0 Å². The van der Waals surface area contributed by atoms with Gasteiger partial charge in [0, 0.05) is 24.7 Å². The molecule has 0 unspecified atom stereocenters. The van der Waals surface area contributed by atoms with Crippen LogP contribution in [-0.2, 0) is 24.4 Å². The second kappa shape index (κ2) is 15.6. The van der Waals surface area contributed by atoms with Crippen molar-refractivity contribution in [2.45, 2.75) is 71.1 Å². The summed E-state index contributed by atoms with van der Waals surface area (Å²) in [6.45, 7) is 3.34. The minimum Gasteiger partial charge on any atom is -0.748 e. The SMILES string of the molecule is CCCCCCCCCCC(=O)/C=C\C(=O)OCC[N+](C)(C)CCCS(=O)(=O)[O-]. The summed E-state index contributed by atoms with van der Waals surface area (Å²) in [6.07, 6.45) is 12.5. The molecular formula is C21H39NO6S. The van der Waals surface area contributed by atoms with E-state index in [1.807, 2.05) is 14.1 Å². The van der Waals surface area contributed by atoms with Crippen LogP contribution < -0.4 is 0 Å². The molecule has 0 bridgehead atoms. The fourth-order valence-electron chi connectivity index (χ4n) is 2.90. The number of esters is 1. The lowest BCUT2D eigenvalue weighted by Gasteiger charge is -2.29. The minimum absolute atomic E-state index is 0.0668. The van der Waals surface area contributed by atoms with Crippen LogP contribution in [-0.4, -0.2) is 68.8 Å². The summed E-state index contributed by atoms with van der Waals surface area (Å²) >= 11 is 0. The van der Waals surface area contributed by atoms with E-state index >= 15 is 0 Å². The smallest absolute Gasteiger partial charge is 0.331 e. The van der Waals surface area contributed by atoms with Gasteiger partial charge in [-0.05, 0) is 12.5 Å². The van der Waals surface area contributed by atoms with E-state index in [4.69, 9.17) is 4.74 Å². The number of hydrogen-bond donors (Lipinski definition) is 0. The molecule has 0 radical (unpaired) electrons. The number of ketones is 1. The predicted octanol–water partition coefficient (Wildman–Crippen LogP) is 3.20. The molecule has 0 aromatic carbocycles. The van der Waals surface area contributed by atoms with Gasteiger partial charge in [0.05, 0.1) is 30.8 Å². The zero-order valence-corrected chi connectivity index (χ0v) is 19.2. The molecule has 7 nitrogen and oxygen atoms in total. The van der Waals surface area contributed by atoms with Crippen molar-refractivity contribution in [2.75, 3.05) is 39.5 Å². The molecule has 0 aliphatic carbocycles. The van der Waals surface area contributed by atoms with Crippen LogP contribution >= 0.6 is 0 Å². The quantitative estimate of drug-likeness (QED) is 0.108. The van der Waals surface area contributed by atoms with E-state index in [1.165, 1.54) is 38.2 Å². The lowest BCUT2D eigenvalue weighted by Crippen LogP contribution is -2.43. The molecule has 0 aliphatic rings. The second-order valence-corrected chi connectivity index (χ2v) is 9.71. The Morgan fingerprint density at radius 2 is 1.48 bits per heavy atom. The van der Waals surface area contributed by atoms with Crippen molar-refractivity contribution < 1.29 is 31.8 Å². The van der Waals surface area contributed by atoms with Crippen molar-refractivity contribution in [3.05, 3.63) is 12.2 Å². The number of nitrogens with zero attached hydrogens (tertiary/aromatic N) is 1. The lowest BCUT2D eigenvalue weighted by molar-refractivity contribution is -0.890. The van der Waals surface area contributed by atoms with E-state index in [2.05, 4.69) is 6.92 Å². The highest BCUT2D eigenvalue weighted by Gasteiger charge is 2.16. The van der Waals surface area contributed by atoms with Crippen LogP contribution in [0.5, 0.6) is 0 Å². The van der Waals surface area contributed by atoms with E-state index in [-0.39, 0.29) is 18.8 Å². The maximum Gasteiger partial charge on any atom is 0.331 e. The van der Waals surface area contributed by atoms with Gasteiger partial charge in [-0.3, -0.25) is 4.79 Å². The number of ether oxygens (including phenoxy) is 1. The molecule has 29 heavy (non-hydrogen) atoms. The van der Waals surface area contributed by atoms with Gasteiger partial charge in [0.15, 0.2) is 5.78 Å². The van der Waals surface area contributed by atoms with Crippen LogP contribution in [0.4, 0.5) is 0 Å². The second-order valence-electron chi connectivity index (χ2n) is 8.19. The molecule has 0 fully saturated rings. The Labute approximate surface area is 176 Å². The molecular weight excluding hydrogens is 394 g/mol. The third-order valence-corrected chi connectivity index (χ3v) is 5.57. The first kappa shape index (κ1) is 27.8. The highest BCUT2D eigenvalue weighted by atomic mass is 32.2. The van der Waals surface area contributed by atoms with Gasteiger partial charge in [-0.1, -0.05) is 51.9 Å². The lowest BCUT2D eigenvalue weighted by atomic mass is 10.1. The van der Waals surface area contributed by atoms with Crippen LogP contribution in [0, 0.1) is 0 Å². The van der Waals surface area contributed by atoms with Crippen molar-refractivity contribution in [3.63, 3.8) is 0 Å². The molecule has 0 heterocycles. The van der Waals surface area contributed by atoms with Gasteiger partial charge in [-0.25, -0.2) is 13.2 Å². The fourth-order valence-corrected chi connectivity index (χ4v) is 3.38. The highest BCUT2D eigenvalue weighted by Crippen LogP contribution is 2.10. The summed E-state index contributed by atoms with van der Waals surface area (Å²) in [5.41, 5.74) is 0. The predicted molar refractivity (Wildman–Crippen MR) is 113 cm³/mol. The van der Waals surface area contributed by atoms with Gasteiger partial charge in [0.1, 0.15) is 13.2 Å². The van der Waals surface area contributed by atoms with E-state index in [0.717, 1.165) is 25.3 Å². The first-order valence-electron chi connectivity index (χ1n) is 10.7. The van der Waals surface area contributed by atoms with Gasteiger partial charge in [-0.2, -0.15) is 0 Å². The van der Waals surface area contributed by atoms with E-state index in [0.29, 0.717) is 24.0 Å². The Morgan fingerprint density at radius 1 is 0.897 bits per heavy atom. The number of unbranched alkanes of at least 4 members (excludes halogenated alkanes) is 7. The van der Waals surface area contributed by atoms with Gasteiger partial charge < -0.3 is 13.8 Å². The van der Waals surface area contributed by atoms with Crippen LogP contribution in [0.3, 0.4) is 0 Å². The normalized spacial score (nSPS) is 12.4. The molecule has 0 amide bonds.